The minimum absolute atomic E-state index is 0.229. The molecule has 7 heteroatoms. The molecule has 0 spiro atoms. The molecule has 6 nitrogen and oxygen atoms in total. The molecule has 21 heavy (non-hydrogen) atoms. The Kier molecular flexibility index (Phi) is 4.21. The minimum Gasteiger partial charge on any atom is -0.304 e. The van der Waals surface area contributed by atoms with Crippen LogP contribution in [0.1, 0.15) is 11.4 Å². The van der Waals surface area contributed by atoms with E-state index in [0.717, 1.165) is 44.1 Å². The van der Waals surface area contributed by atoms with E-state index in [1.165, 1.54) is 12.1 Å². The van der Waals surface area contributed by atoms with Crippen molar-refractivity contribution in [3.63, 3.8) is 0 Å². The van der Waals surface area contributed by atoms with Crippen LogP contribution in [-0.2, 0) is 13.1 Å². The number of likely N-dealkylation sites (N-methyl/N-ethyl adjacent to an activating group) is 1. The first-order valence-corrected chi connectivity index (χ1v) is 7.11. The summed E-state index contributed by atoms with van der Waals surface area (Å²) in [7, 11) is 2.13. The van der Waals surface area contributed by atoms with Crippen LogP contribution in [0.15, 0.2) is 24.3 Å². The Hall–Kier alpha value is -1.86. The molecule has 3 rings (SSSR count). The molecule has 0 atom stereocenters. The number of benzene rings is 1. The van der Waals surface area contributed by atoms with Crippen LogP contribution in [0.5, 0.6) is 0 Å². The fourth-order valence-electron chi connectivity index (χ4n) is 2.43. The fraction of sp³-hybridized carbons (Fsp3) is 0.500. The van der Waals surface area contributed by atoms with Gasteiger partial charge in [0.1, 0.15) is 5.82 Å². The molecule has 2 aromatic rings. The largest absolute Gasteiger partial charge is 0.304 e. The molecule has 1 aromatic heterocycles. The van der Waals surface area contributed by atoms with Crippen LogP contribution in [0.4, 0.5) is 4.39 Å². The molecule has 1 aliphatic rings. The number of piperazine rings is 1. The maximum absolute atomic E-state index is 12.9. The second kappa shape index (κ2) is 6.28. The zero-order chi connectivity index (χ0) is 14.7. The number of rotatable bonds is 4. The van der Waals surface area contributed by atoms with Crippen molar-refractivity contribution in [2.24, 2.45) is 0 Å². The first-order chi connectivity index (χ1) is 10.2. The highest BCUT2D eigenvalue weighted by Gasteiger charge is 2.17. The van der Waals surface area contributed by atoms with Gasteiger partial charge in [-0.1, -0.05) is 12.1 Å². The molecular weight excluding hydrogens is 271 g/mol. The molecule has 1 aromatic carbocycles. The van der Waals surface area contributed by atoms with E-state index in [0.29, 0.717) is 6.54 Å². The van der Waals surface area contributed by atoms with Crippen molar-refractivity contribution >= 4 is 0 Å². The van der Waals surface area contributed by atoms with Gasteiger partial charge in [-0.3, -0.25) is 4.90 Å². The van der Waals surface area contributed by atoms with Crippen molar-refractivity contribution in [1.29, 1.82) is 0 Å². The predicted octanol–water partition coefficient (Wildman–Crippen LogP) is 0.608. The third-order valence-electron chi connectivity index (χ3n) is 3.81. The summed E-state index contributed by atoms with van der Waals surface area (Å²) in [6.45, 7) is 5.51. The molecular formula is C14H19FN6. The van der Waals surface area contributed by atoms with E-state index >= 15 is 0 Å². The average molecular weight is 290 g/mol. The quantitative estimate of drug-likeness (QED) is 0.826. The minimum atomic E-state index is -0.229. The van der Waals surface area contributed by atoms with Gasteiger partial charge in [-0.25, -0.2) is 9.07 Å². The summed E-state index contributed by atoms with van der Waals surface area (Å²) < 4.78 is 14.7. The van der Waals surface area contributed by atoms with Gasteiger partial charge in [-0.05, 0) is 35.2 Å². The summed E-state index contributed by atoms with van der Waals surface area (Å²) >= 11 is 0. The highest BCUT2D eigenvalue weighted by molar-refractivity contribution is 5.16. The number of hydrogen-bond donors (Lipinski definition) is 0. The van der Waals surface area contributed by atoms with Crippen molar-refractivity contribution in [1.82, 2.24) is 30.0 Å². The van der Waals surface area contributed by atoms with E-state index < -0.39 is 0 Å². The summed E-state index contributed by atoms with van der Waals surface area (Å²) in [6, 6.07) is 6.44. The highest BCUT2D eigenvalue weighted by atomic mass is 19.1. The number of tetrazole rings is 1. The van der Waals surface area contributed by atoms with Crippen LogP contribution in [0.3, 0.4) is 0 Å². The maximum Gasteiger partial charge on any atom is 0.165 e. The zero-order valence-electron chi connectivity index (χ0n) is 12.1. The standard InChI is InChI=1S/C14H19FN6/c1-19-6-8-20(9-7-19)11-14-16-17-18-21(14)10-12-2-4-13(15)5-3-12/h2-5H,6-11H2,1H3. The van der Waals surface area contributed by atoms with E-state index in [4.69, 9.17) is 0 Å². The second-order valence-electron chi connectivity index (χ2n) is 5.46. The van der Waals surface area contributed by atoms with Gasteiger partial charge in [-0.2, -0.15) is 0 Å². The van der Waals surface area contributed by atoms with Crippen LogP contribution in [-0.4, -0.2) is 63.2 Å². The van der Waals surface area contributed by atoms with E-state index in [9.17, 15) is 4.39 Å². The number of nitrogens with zero attached hydrogens (tertiary/aromatic N) is 6. The second-order valence-corrected chi connectivity index (χ2v) is 5.46. The van der Waals surface area contributed by atoms with Gasteiger partial charge in [0.2, 0.25) is 0 Å². The van der Waals surface area contributed by atoms with E-state index in [-0.39, 0.29) is 5.82 Å². The maximum atomic E-state index is 12.9. The lowest BCUT2D eigenvalue weighted by atomic mass is 10.2. The molecule has 0 saturated carbocycles. The SMILES string of the molecule is CN1CCN(Cc2nnnn2Cc2ccc(F)cc2)CC1. The first kappa shape index (κ1) is 14.1. The van der Waals surface area contributed by atoms with Gasteiger partial charge in [0.15, 0.2) is 5.82 Å². The molecule has 0 unspecified atom stereocenters. The Morgan fingerprint density at radius 3 is 2.48 bits per heavy atom. The molecule has 0 aliphatic carbocycles. The number of aromatic nitrogens is 4. The van der Waals surface area contributed by atoms with Gasteiger partial charge in [-0.15, -0.1) is 5.10 Å². The van der Waals surface area contributed by atoms with Gasteiger partial charge in [0.25, 0.3) is 0 Å². The van der Waals surface area contributed by atoms with Crippen LogP contribution < -0.4 is 0 Å². The highest BCUT2D eigenvalue weighted by Crippen LogP contribution is 2.08. The molecule has 1 fully saturated rings. The van der Waals surface area contributed by atoms with Crippen molar-refractivity contribution in [2.75, 3.05) is 33.2 Å². The van der Waals surface area contributed by atoms with E-state index in [2.05, 4.69) is 32.4 Å². The topological polar surface area (TPSA) is 50.1 Å². The van der Waals surface area contributed by atoms with Crippen LogP contribution >= 0.6 is 0 Å². The smallest absolute Gasteiger partial charge is 0.165 e. The normalized spacial score (nSPS) is 17.2. The van der Waals surface area contributed by atoms with Crippen LogP contribution in [0, 0.1) is 5.82 Å². The zero-order valence-corrected chi connectivity index (χ0v) is 12.1. The Morgan fingerprint density at radius 1 is 1.05 bits per heavy atom. The monoisotopic (exact) mass is 290 g/mol. The van der Waals surface area contributed by atoms with Gasteiger partial charge >= 0.3 is 0 Å². The molecule has 0 amide bonds. The predicted molar refractivity (Wildman–Crippen MR) is 76.1 cm³/mol. The van der Waals surface area contributed by atoms with Crippen molar-refractivity contribution < 1.29 is 4.39 Å². The van der Waals surface area contributed by atoms with E-state index in [1.54, 1.807) is 16.8 Å². The van der Waals surface area contributed by atoms with Crippen molar-refractivity contribution in [2.45, 2.75) is 13.1 Å². The number of hydrogen-bond acceptors (Lipinski definition) is 5. The Bertz CT molecular complexity index is 573. The number of halogens is 1. The van der Waals surface area contributed by atoms with E-state index in [1.807, 2.05) is 0 Å². The van der Waals surface area contributed by atoms with Crippen LogP contribution in [0.25, 0.3) is 0 Å². The Balaban J connectivity index is 1.65. The molecule has 0 bridgehead atoms. The first-order valence-electron chi connectivity index (χ1n) is 7.11. The molecule has 1 aliphatic heterocycles. The summed E-state index contributed by atoms with van der Waals surface area (Å²) in [5.41, 5.74) is 0.989. The molecule has 2 heterocycles. The van der Waals surface area contributed by atoms with Crippen LogP contribution in [0.2, 0.25) is 0 Å². The fourth-order valence-corrected chi connectivity index (χ4v) is 2.43. The molecule has 1 saturated heterocycles. The summed E-state index contributed by atoms with van der Waals surface area (Å²) in [5, 5.41) is 11.9. The lowest BCUT2D eigenvalue weighted by molar-refractivity contribution is 0.144. The van der Waals surface area contributed by atoms with Crippen molar-refractivity contribution in [3.8, 4) is 0 Å². The Labute approximate surface area is 123 Å². The summed E-state index contributed by atoms with van der Waals surface area (Å²) in [6.07, 6.45) is 0. The molecule has 0 N–H and O–H groups in total. The molecule has 112 valence electrons. The Morgan fingerprint density at radius 2 is 1.76 bits per heavy atom. The molecule has 0 radical (unpaired) electrons. The third-order valence-corrected chi connectivity index (χ3v) is 3.81. The average Bonchev–Trinajstić information content (AvgIpc) is 2.91. The van der Waals surface area contributed by atoms with Gasteiger partial charge < -0.3 is 4.90 Å². The summed E-state index contributed by atoms with van der Waals surface area (Å²) in [5.74, 6) is 0.622. The lowest BCUT2D eigenvalue weighted by Crippen LogP contribution is -2.44. The summed E-state index contributed by atoms with van der Waals surface area (Å²) in [4.78, 5) is 4.67. The van der Waals surface area contributed by atoms with Gasteiger partial charge in [0, 0.05) is 26.2 Å². The van der Waals surface area contributed by atoms with Gasteiger partial charge in [0.05, 0.1) is 13.1 Å². The third kappa shape index (κ3) is 3.62. The van der Waals surface area contributed by atoms with Crippen molar-refractivity contribution in [3.05, 3.63) is 41.5 Å². The lowest BCUT2D eigenvalue weighted by Gasteiger charge is -2.31.